The van der Waals surface area contributed by atoms with Crippen LogP contribution in [0.15, 0.2) is 77.3 Å². The second-order valence-electron chi connectivity index (χ2n) is 8.42. The highest BCUT2D eigenvalue weighted by molar-refractivity contribution is 5.90. The minimum absolute atomic E-state index is 0.200. The molecule has 1 unspecified atom stereocenters. The van der Waals surface area contributed by atoms with Crippen LogP contribution in [-0.4, -0.2) is 23.8 Å². The molecule has 8 nitrogen and oxygen atoms in total. The van der Waals surface area contributed by atoms with Gasteiger partial charge in [-0.15, -0.1) is 0 Å². The molecule has 9 heteroatoms. The fourth-order valence-electron chi connectivity index (χ4n) is 3.74. The van der Waals surface area contributed by atoms with Crippen molar-refractivity contribution in [2.45, 2.75) is 33.3 Å². The van der Waals surface area contributed by atoms with Gasteiger partial charge < -0.3 is 18.7 Å². The SMILES string of the molecule is CCOC(=O)Cc1ccc(Oc2ccc(-c3onc(C)c3NC(=O)OC(C)c3ccccc3F)cc2)cc1. The van der Waals surface area contributed by atoms with Gasteiger partial charge in [0.05, 0.1) is 13.0 Å². The monoisotopic (exact) mass is 518 g/mol. The Kier molecular flexibility index (Phi) is 8.37. The van der Waals surface area contributed by atoms with Gasteiger partial charge in [-0.25, -0.2) is 9.18 Å². The summed E-state index contributed by atoms with van der Waals surface area (Å²) in [4.78, 5) is 24.2. The lowest BCUT2D eigenvalue weighted by molar-refractivity contribution is -0.142. The van der Waals surface area contributed by atoms with E-state index < -0.39 is 18.0 Å². The summed E-state index contributed by atoms with van der Waals surface area (Å²) < 4.78 is 35.7. The summed E-state index contributed by atoms with van der Waals surface area (Å²) in [5.41, 5.74) is 2.56. The number of hydrogen-bond donors (Lipinski definition) is 1. The number of rotatable bonds is 9. The third kappa shape index (κ3) is 6.56. The Labute approximate surface area is 219 Å². The van der Waals surface area contributed by atoms with Gasteiger partial charge in [0.1, 0.15) is 34.8 Å². The molecule has 0 saturated carbocycles. The van der Waals surface area contributed by atoms with Gasteiger partial charge in [0.2, 0.25) is 0 Å². The maximum absolute atomic E-state index is 14.0. The number of halogens is 1. The molecule has 0 bridgehead atoms. The average molecular weight is 519 g/mol. The first kappa shape index (κ1) is 26.4. The fourth-order valence-corrected chi connectivity index (χ4v) is 3.74. The zero-order chi connectivity index (χ0) is 27.1. The van der Waals surface area contributed by atoms with E-state index in [0.717, 1.165) is 5.56 Å². The normalized spacial score (nSPS) is 11.5. The van der Waals surface area contributed by atoms with Crippen LogP contribution in [0.2, 0.25) is 0 Å². The standard InChI is InChI=1S/C29H27FN2O6/c1-4-35-26(33)17-20-9-13-22(14-10-20)37-23-15-11-21(12-16-23)28-27(18(2)32-38-28)31-29(34)36-19(3)24-7-5-6-8-25(24)30/h5-16,19H,4,17H2,1-3H3,(H,31,34). The number of nitrogens with one attached hydrogen (secondary N) is 1. The molecule has 4 aromatic rings. The lowest BCUT2D eigenvalue weighted by atomic mass is 10.1. The summed E-state index contributed by atoms with van der Waals surface area (Å²) in [7, 11) is 0. The van der Waals surface area contributed by atoms with E-state index in [0.29, 0.717) is 40.8 Å². The number of amides is 1. The molecule has 1 amide bonds. The number of aryl methyl sites for hydroxylation is 1. The van der Waals surface area contributed by atoms with E-state index in [1.807, 2.05) is 12.1 Å². The first-order valence-electron chi connectivity index (χ1n) is 12.0. The van der Waals surface area contributed by atoms with Crippen LogP contribution in [0, 0.1) is 12.7 Å². The number of carbonyl (C=O) groups excluding carboxylic acids is 2. The van der Waals surface area contributed by atoms with E-state index in [1.54, 1.807) is 75.4 Å². The Morgan fingerprint density at radius 2 is 1.66 bits per heavy atom. The summed E-state index contributed by atoms with van der Waals surface area (Å²) in [5.74, 6) is 0.796. The van der Waals surface area contributed by atoms with Crippen LogP contribution >= 0.6 is 0 Å². The van der Waals surface area contributed by atoms with Gasteiger partial charge in [0.15, 0.2) is 5.76 Å². The lowest BCUT2D eigenvalue weighted by Gasteiger charge is -2.15. The maximum Gasteiger partial charge on any atom is 0.412 e. The first-order valence-corrected chi connectivity index (χ1v) is 12.0. The molecule has 0 saturated heterocycles. The number of nitrogens with zero attached hydrogens (tertiary/aromatic N) is 1. The Balaban J connectivity index is 1.40. The van der Waals surface area contributed by atoms with Crippen molar-refractivity contribution >= 4 is 17.7 Å². The Hall–Kier alpha value is -4.66. The van der Waals surface area contributed by atoms with Crippen LogP contribution in [0.1, 0.15) is 36.8 Å². The van der Waals surface area contributed by atoms with E-state index in [2.05, 4.69) is 10.5 Å². The molecule has 0 aliphatic carbocycles. The molecule has 0 aliphatic heterocycles. The molecule has 196 valence electrons. The zero-order valence-corrected chi connectivity index (χ0v) is 21.2. The van der Waals surface area contributed by atoms with Crippen molar-refractivity contribution in [2.75, 3.05) is 11.9 Å². The van der Waals surface area contributed by atoms with Crippen molar-refractivity contribution in [3.63, 3.8) is 0 Å². The fraction of sp³-hybridized carbons (Fsp3) is 0.207. The van der Waals surface area contributed by atoms with Crippen LogP contribution < -0.4 is 10.1 Å². The Morgan fingerprint density at radius 1 is 1.00 bits per heavy atom. The van der Waals surface area contributed by atoms with Crippen LogP contribution in [0.25, 0.3) is 11.3 Å². The molecule has 1 aromatic heterocycles. The van der Waals surface area contributed by atoms with Crippen molar-refractivity contribution in [3.8, 4) is 22.8 Å². The largest absolute Gasteiger partial charge is 0.466 e. The first-order chi connectivity index (χ1) is 18.3. The molecule has 0 aliphatic rings. The molecular weight excluding hydrogens is 491 g/mol. The number of hydrogen-bond acceptors (Lipinski definition) is 7. The molecule has 1 atom stereocenters. The number of carbonyl (C=O) groups is 2. The molecule has 0 fully saturated rings. The van der Waals surface area contributed by atoms with Gasteiger partial charge >= 0.3 is 12.1 Å². The second-order valence-corrected chi connectivity index (χ2v) is 8.42. The summed E-state index contributed by atoms with van der Waals surface area (Å²) in [6, 6.07) is 20.3. The molecule has 38 heavy (non-hydrogen) atoms. The minimum atomic E-state index is -0.796. The van der Waals surface area contributed by atoms with Gasteiger partial charge in [-0.3, -0.25) is 10.1 Å². The van der Waals surface area contributed by atoms with E-state index in [-0.39, 0.29) is 18.0 Å². The molecule has 0 spiro atoms. The summed E-state index contributed by atoms with van der Waals surface area (Å²) in [6.45, 7) is 5.39. The van der Waals surface area contributed by atoms with Crippen molar-refractivity contribution in [1.29, 1.82) is 0 Å². The summed E-state index contributed by atoms with van der Waals surface area (Å²) >= 11 is 0. The van der Waals surface area contributed by atoms with Crippen LogP contribution in [0.3, 0.4) is 0 Å². The molecule has 1 heterocycles. The van der Waals surface area contributed by atoms with Gasteiger partial charge in [-0.2, -0.15) is 0 Å². The average Bonchev–Trinajstić information content (AvgIpc) is 3.25. The van der Waals surface area contributed by atoms with Crippen molar-refractivity contribution in [3.05, 3.63) is 95.4 Å². The van der Waals surface area contributed by atoms with E-state index >= 15 is 0 Å². The maximum atomic E-state index is 14.0. The van der Waals surface area contributed by atoms with Gasteiger partial charge in [-0.1, -0.05) is 35.5 Å². The topological polar surface area (TPSA) is 99.9 Å². The Morgan fingerprint density at radius 3 is 2.32 bits per heavy atom. The van der Waals surface area contributed by atoms with E-state index in [4.69, 9.17) is 18.7 Å². The van der Waals surface area contributed by atoms with Crippen LogP contribution in [0.4, 0.5) is 14.9 Å². The predicted molar refractivity (Wildman–Crippen MR) is 138 cm³/mol. The van der Waals surface area contributed by atoms with Crippen LogP contribution in [-0.2, 0) is 20.7 Å². The van der Waals surface area contributed by atoms with E-state index in [1.165, 1.54) is 6.07 Å². The zero-order valence-electron chi connectivity index (χ0n) is 21.2. The van der Waals surface area contributed by atoms with Crippen molar-refractivity contribution in [1.82, 2.24) is 5.16 Å². The Bertz CT molecular complexity index is 1400. The summed E-state index contributed by atoms with van der Waals surface area (Å²) in [5, 5.41) is 6.61. The van der Waals surface area contributed by atoms with Crippen molar-refractivity contribution < 1.29 is 32.7 Å². The smallest absolute Gasteiger partial charge is 0.412 e. The number of anilines is 1. The highest BCUT2D eigenvalue weighted by Crippen LogP contribution is 2.33. The van der Waals surface area contributed by atoms with Gasteiger partial charge in [0, 0.05) is 11.1 Å². The molecule has 4 rings (SSSR count). The van der Waals surface area contributed by atoms with E-state index in [9.17, 15) is 14.0 Å². The second kappa shape index (κ2) is 12.1. The molecule has 1 N–H and O–H groups in total. The third-order valence-corrected chi connectivity index (χ3v) is 5.65. The van der Waals surface area contributed by atoms with Gasteiger partial charge in [0.25, 0.3) is 0 Å². The number of benzene rings is 3. The molecule has 3 aromatic carbocycles. The number of aromatic nitrogens is 1. The van der Waals surface area contributed by atoms with Crippen LogP contribution in [0.5, 0.6) is 11.5 Å². The minimum Gasteiger partial charge on any atom is -0.466 e. The number of ether oxygens (including phenoxy) is 3. The lowest BCUT2D eigenvalue weighted by Crippen LogP contribution is -2.17. The highest BCUT2D eigenvalue weighted by atomic mass is 19.1. The van der Waals surface area contributed by atoms with Gasteiger partial charge in [-0.05, 0) is 68.8 Å². The molecular formula is C29H27FN2O6. The summed E-state index contributed by atoms with van der Waals surface area (Å²) in [6.07, 6.45) is -1.36. The number of esters is 1. The predicted octanol–water partition coefficient (Wildman–Crippen LogP) is 7.00. The van der Waals surface area contributed by atoms with Crippen molar-refractivity contribution in [2.24, 2.45) is 0 Å². The third-order valence-electron chi connectivity index (χ3n) is 5.65. The quantitative estimate of drug-likeness (QED) is 0.238. The highest BCUT2D eigenvalue weighted by Gasteiger charge is 2.21. The molecule has 0 radical (unpaired) electrons.